The van der Waals surface area contributed by atoms with Gasteiger partial charge in [-0.3, -0.25) is 19.6 Å². The zero-order valence-electron chi connectivity index (χ0n) is 11.4. The number of nitro groups is 1. The molecule has 0 fully saturated rings. The zero-order valence-corrected chi connectivity index (χ0v) is 11.4. The number of benzene rings is 1. The first kappa shape index (κ1) is 13.9. The second kappa shape index (κ2) is 5.72. The molecule has 22 heavy (non-hydrogen) atoms. The molecule has 9 nitrogen and oxygen atoms in total. The first-order chi connectivity index (χ1) is 10.6. The van der Waals surface area contributed by atoms with Crippen LogP contribution < -0.4 is 14.8 Å². The fourth-order valence-electron chi connectivity index (χ4n) is 1.99. The van der Waals surface area contributed by atoms with E-state index in [0.717, 1.165) is 0 Å². The monoisotopic (exact) mass is 304 g/mol. The first-order valence-electron chi connectivity index (χ1n) is 6.48. The largest absolute Gasteiger partial charge is 0.454 e. The summed E-state index contributed by atoms with van der Waals surface area (Å²) in [5.74, 6) is 0.885. The summed E-state index contributed by atoms with van der Waals surface area (Å²) >= 11 is 0. The number of nitrogens with zero attached hydrogens (tertiary/aromatic N) is 3. The van der Waals surface area contributed by atoms with E-state index in [1.165, 1.54) is 17.1 Å². The highest BCUT2D eigenvalue weighted by atomic mass is 16.7. The van der Waals surface area contributed by atoms with E-state index in [0.29, 0.717) is 30.2 Å². The fraction of sp³-hybridized carbons (Fsp3) is 0.231. The Morgan fingerprint density at radius 3 is 3.00 bits per heavy atom. The smallest absolute Gasteiger partial charge is 0.306 e. The van der Waals surface area contributed by atoms with Crippen LogP contribution in [0.25, 0.3) is 0 Å². The number of amides is 1. The number of fused-ring (bicyclic) bond motifs is 1. The average molecular weight is 304 g/mol. The maximum Gasteiger partial charge on any atom is 0.306 e. The van der Waals surface area contributed by atoms with E-state index in [2.05, 4.69) is 10.4 Å². The summed E-state index contributed by atoms with van der Waals surface area (Å²) in [5.41, 5.74) is 0.373. The van der Waals surface area contributed by atoms with Crippen molar-refractivity contribution in [2.24, 2.45) is 0 Å². The molecule has 0 bridgehead atoms. The van der Waals surface area contributed by atoms with Gasteiger partial charge in [0, 0.05) is 12.1 Å². The number of aromatic nitrogens is 2. The summed E-state index contributed by atoms with van der Waals surface area (Å²) in [5, 5.41) is 17.1. The lowest BCUT2D eigenvalue weighted by Crippen LogP contribution is -2.27. The van der Waals surface area contributed by atoms with Crippen LogP contribution in [0, 0.1) is 10.1 Å². The van der Waals surface area contributed by atoms with Crippen LogP contribution in [0.1, 0.15) is 10.4 Å². The molecule has 0 aliphatic carbocycles. The maximum atomic E-state index is 12.0. The molecule has 0 saturated heterocycles. The molecule has 0 radical (unpaired) electrons. The van der Waals surface area contributed by atoms with Crippen LogP contribution in [-0.2, 0) is 6.54 Å². The number of carbonyl (C=O) groups is 1. The van der Waals surface area contributed by atoms with Crippen LogP contribution in [0.2, 0.25) is 0 Å². The van der Waals surface area contributed by atoms with Crippen LogP contribution in [0.3, 0.4) is 0 Å². The molecule has 1 aliphatic rings. The highest BCUT2D eigenvalue weighted by Gasteiger charge is 2.16. The number of rotatable bonds is 5. The molecule has 0 unspecified atom stereocenters. The van der Waals surface area contributed by atoms with Crippen molar-refractivity contribution in [1.82, 2.24) is 15.1 Å². The fourth-order valence-corrected chi connectivity index (χ4v) is 1.99. The van der Waals surface area contributed by atoms with Crippen LogP contribution in [-0.4, -0.2) is 33.9 Å². The minimum atomic E-state index is -0.519. The van der Waals surface area contributed by atoms with Crippen molar-refractivity contribution < 1.29 is 19.2 Å². The number of hydrogen-bond acceptors (Lipinski definition) is 6. The average Bonchev–Trinajstić information content (AvgIpc) is 3.15. The topological polar surface area (TPSA) is 109 Å². The van der Waals surface area contributed by atoms with Gasteiger partial charge in [-0.2, -0.15) is 5.10 Å². The third-order valence-electron chi connectivity index (χ3n) is 3.09. The SMILES string of the molecule is O=C(NCCn1cc([N+](=O)[O-])cn1)c1ccc2c(c1)OCO2. The van der Waals surface area contributed by atoms with Crippen LogP contribution >= 0.6 is 0 Å². The van der Waals surface area contributed by atoms with Crippen molar-refractivity contribution >= 4 is 11.6 Å². The summed E-state index contributed by atoms with van der Waals surface area (Å²) in [6, 6.07) is 4.92. The van der Waals surface area contributed by atoms with Gasteiger partial charge >= 0.3 is 5.69 Å². The molecule has 0 saturated carbocycles. The van der Waals surface area contributed by atoms with Gasteiger partial charge in [0.2, 0.25) is 6.79 Å². The Balaban J connectivity index is 1.54. The van der Waals surface area contributed by atoms with Crippen molar-refractivity contribution in [3.8, 4) is 11.5 Å². The summed E-state index contributed by atoms with van der Waals surface area (Å²) in [4.78, 5) is 22.0. The molecule has 2 heterocycles. The van der Waals surface area contributed by atoms with E-state index < -0.39 is 4.92 Å². The van der Waals surface area contributed by atoms with Gasteiger partial charge in [0.05, 0.1) is 11.5 Å². The van der Waals surface area contributed by atoms with Crippen molar-refractivity contribution in [2.75, 3.05) is 13.3 Å². The minimum absolute atomic E-state index is 0.0814. The van der Waals surface area contributed by atoms with E-state index in [9.17, 15) is 14.9 Å². The lowest BCUT2D eigenvalue weighted by molar-refractivity contribution is -0.385. The van der Waals surface area contributed by atoms with Gasteiger partial charge in [-0.15, -0.1) is 0 Å². The normalized spacial score (nSPS) is 12.2. The molecule has 3 rings (SSSR count). The van der Waals surface area contributed by atoms with Gasteiger partial charge in [0.25, 0.3) is 5.91 Å². The molecule has 114 valence electrons. The quantitative estimate of drug-likeness (QED) is 0.650. The molecule has 1 aromatic carbocycles. The molecule has 1 aromatic heterocycles. The second-order valence-electron chi connectivity index (χ2n) is 4.54. The highest BCUT2D eigenvalue weighted by molar-refractivity contribution is 5.94. The molecule has 0 atom stereocenters. The van der Waals surface area contributed by atoms with Gasteiger partial charge in [0.15, 0.2) is 11.5 Å². The third-order valence-corrected chi connectivity index (χ3v) is 3.09. The van der Waals surface area contributed by atoms with Crippen molar-refractivity contribution in [3.63, 3.8) is 0 Å². The Morgan fingerprint density at radius 1 is 1.41 bits per heavy atom. The Kier molecular flexibility index (Phi) is 3.60. The number of carbonyl (C=O) groups excluding carboxylic acids is 1. The summed E-state index contributed by atoms with van der Waals surface area (Å²) < 4.78 is 11.8. The maximum absolute atomic E-state index is 12.0. The molecular formula is C13H12N4O5. The van der Waals surface area contributed by atoms with Crippen molar-refractivity contribution in [2.45, 2.75) is 6.54 Å². The molecular weight excluding hydrogens is 292 g/mol. The number of ether oxygens (including phenoxy) is 2. The van der Waals surface area contributed by atoms with Crippen LogP contribution in [0.15, 0.2) is 30.6 Å². The minimum Gasteiger partial charge on any atom is -0.454 e. The van der Waals surface area contributed by atoms with E-state index in [1.807, 2.05) is 0 Å². The molecule has 9 heteroatoms. The lowest BCUT2D eigenvalue weighted by Gasteiger charge is -2.06. The van der Waals surface area contributed by atoms with E-state index in [1.54, 1.807) is 18.2 Å². The second-order valence-corrected chi connectivity index (χ2v) is 4.54. The van der Waals surface area contributed by atoms with Gasteiger partial charge in [-0.25, -0.2) is 0 Å². The molecule has 2 aromatic rings. The van der Waals surface area contributed by atoms with Crippen LogP contribution in [0.5, 0.6) is 11.5 Å². The number of hydrogen-bond donors (Lipinski definition) is 1. The Morgan fingerprint density at radius 2 is 2.23 bits per heavy atom. The molecule has 0 spiro atoms. The third kappa shape index (κ3) is 2.82. The summed E-state index contributed by atoms with van der Waals surface area (Å²) in [6.45, 7) is 0.786. The van der Waals surface area contributed by atoms with Gasteiger partial charge < -0.3 is 14.8 Å². The Labute approximate surface area is 124 Å². The Hall–Kier alpha value is -3.10. The molecule has 1 amide bonds. The first-order valence-corrected chi connectivity index (χ1v) is 6.48. The van der Waals surface area contributed by atoms with Gasteiger partial charge in [0.1, 0.15) is 12.4 Å². The zero-order chi connectivity index (χ0) is 15.5. The summed E-state index contributed by atoms with van der Waals surface area (Å²) in [7, 11) is 0. The summed E-state index contributed by atoms with van der Waals surface area (Å²) in [6.07, 6.45) is 2.48. The molecule has 1 aliphatic heterocycles. The van der Waals surface area contributed by atoms with Gasteiger partial charge in [-0.1, -0.05) is 0 Å². The van der Waals surface area contributed by atoms with Crippen molar-refractivity contribution in [1.29, 1.82) is 0 Å². The predicted octanol–water partition coefficient (Wildman–Crippen LogP) is 0.950. The highest BCUT2D eigenvalue weighted by Crippen LogP contribution is 2.32. The van der Waals surface area contributed by atoms with E-state index in [-0.39, 0.29) is 18.4 Å². The van der Waals surface area contributed by atoms with Gasteiger partial charge in [-0.05, 0) is 18.2 Å². The predicted molar refractivity (Wildman–Crippen MR) is 73.8 cm³/mol. The standard InChI is InChI=1S/C13H12N4O5/c18-13(9-1-2-11-12(5-9)22-8-21-11)14-3-4-16-7-10(6-15-16)17(19)20/h1-2,5-7H,3-4,8H2,(H,14,18). The lowest BCUT2D eigenvalue weighted by atomic mass is 10.2. The van der Waals surface area contributed by atoms with Crippen LogP contribution in [0.4, 0.5) is 5.69 Å². The van der Waals surface area contributed by atoms with E-state index >= 15 is 0 Å². The number of nitrogens with one attached hydrogen (secondary N) is 1. The molecule has 1 N–H and O–H groups in total. The van der Waals surface area contributed by atoms with E-state index in [4.69, 9.17) is 9.47 Å². The van der Waals surface area contributed by atoms with Crippen molar-refractivity contribution in [3.05, 3.63) is 46.3 Å². The Bertz CT molecular complexity index is 727.